The standard InChI is InChI=1S/C28H27BrN4S/c1-4-20-9-5-6-11-25(20)32-18(2)17-23(19(32)3)27-26(24-10-7-8-16-30-24)31-28(34)33(27)22-14-12-21(29)13-15-22/h5-17,26-27H,4H2,1-3H3,(H,31,34)/t26-,27-/m1/s1. The quantitative estimate of drug-likeness (QED) is 0.282. The zero-order valence-corrected chi connectivity index (χ0v) is 21.9. The highest BCUT2D eigenvalue weighted by Crippen LogP contribution is 2.44. The molecule has 6 heteroatoms. The van der Waals surface area contributed by atoms with Crippen molar-refractivity contribution in [2.45, 2.75) is 39.3 Å². The molecule has 0 saturated carbocycles. The van der Waals surface area contributed by atoms with Gasteiger partial charge in [0.1, 0.15) is 0 Å². The highest BCUT2D eigenvalue weighted by Gasteiger charge is 2.42. The summed E-state index contributed by atoms with van der Waals surface area (Å²) in [6.45, 7) is 6.61. The summed E-state index contributed by atoms with van der Waals surface area (Å²) in [6, 6.07) is 25.3. The van der Waals surface area contributed by atoms with Crippen LogP contribution in [0.15, 0.2) is 83.5 Å². The first kappa shape index (κ1) is 22.8. The molecule has 0 radical (unpaired) electrons. The molecular weight excluding hydrogens is 504 g/mol. The summed E-state index contributed by atoms with van der Waals surface area (Å²) in [5.74, 6) is 0. The van der Waals surface area contributed by atoms with Gasteiger partial charge in [0.2, 0.25) is 0 Å². The molecule has 4 nitrogen and oxygen atoms in total. The minimum absolute atomic E-state index is 0.0303. The van der Waals surface area contributed by atoms with E-state index in [1.807, 2.05) is 18.3 Å². The third kappa shape index (κ3) is 3.95. The Morgan fingerprint density at radius 3 is 2.44 bits per heavy atom. The Balaban J connectivity index is 1.69. The predicted octanol–water partition coefficient (Wildman–Crippen LogP) is 6.99. The Morgan fingerprint density at radius 1 is 1.00 bits per heavy atom. The molecule has 34 heavy (non-hydrogen) atoms. The van der Waals surface area contributed by atoms with Crippen molar-refractivity contribution >= 4 is 38.9 Å². The van der Waals surface area contributed by atoms with Crippen LogP contribution in [0.4, 0.5) is 5.69 Å². The van der Waals surface area contributed by atoms with Gasteiger partial charge in [-0.25, -0.2) is 0 Å². The van der Waals surface area contributed by atoms with Gasteiger partial charge in [-0.2, -0.15) is 0 Å². The summed E-state index contributed by atoms with van der Waals surface area (Å²) in [5, 5.41) is 4.28. The number of aromatic nitrogens is 2. The number of anilines is 1. The first-order chi connectivity index (χ1) is 16.5. The van der Waals surface area contributed by atoms with Gasteiger partial charge in [0.05, 0.1) is 17.8 Å². The van der Waals surface area contributed by atoms with Crippen LogP contribution in [0.5, 0.6) is 0 Å². The van der Waals surface area contributed by atoms with Gasteiger partial charge >= 0.3 is 0 Å². The molecular formula is C28H27BrN4S. The predicted molar refractivity (Wildman–Crippen MR) is 147 cm³/mol. The van der Waals surface area contributed by atoms with Crippen molar-refractivity contribution in [2.24, 2.45) is 0 Å². The van der Waals surface area contributed by atoms with Crippen molar-refractivity contribution in [2.75, 3.05) is 4.90 Å². The fourth-order valence-corrected chi connectivity index (χ4v) is 5.65. The normalized spacial score (nSPS) is 17.8. The Bertz CT molecular complexity index is 1330. The number of halogens is 1. The lowest BCUT2D eigenvalue weighted by molar-refractivity contribution is 0.565. The van der Waals surface area contributed by atoms with E-state index in [2.05, 4.69) is 112 Å². The highest BCUT2D eigenvalue weighted by molar-refractivity contribution is 9.10. The van der Waals surface area contributed by atoms with Crippen LogP contribution in [-0.4, -0.2) is 14.7 Å². The summed E-state index contributed by atoms with van der Waals surface area (Å²) < 4.78 is 3.42. The Morgan fingerprint density at radius 2 is 1.74 bits per heavy atom. The van der Waals surface area contributed by atoms with Gasteiger partial charge < -0.3 is 14.8 Å². The van der Waals surface area contributed by atoms with Gasteiger partial charge in [-0.05, 0) is 92.1 Å². The molecule has 1 aliphatic rings. The van der Waals surface area contributed by atoms with Crippen LogP contribution >= 0.6 is 28.1 Å². The number of hydrogen-bond acceptors (Lipinski definition) is 2. The summed E-state index contributed by atoms with van der Waals surface area (Å²) in [5.41, 5.74) is 8.29. The first-order valence-corrected chi connectivity index (χ1v) is 12.7. The van der Waals surface area contributed by atoms with E-state index in [1.165, 1.54) is 28.2 Å². The highest BCUT2D eigenvalue weighted by atomic mass is 79.9. The summed E-state index contributed by atoms with van der Waals surface area (Å²) in [6.07, 6.45) is 2.83. The second-order valence-corrected chi connectivity index (χ2v) is 9.92. The maximum atomic E-state index is 5.89. The molecule has 172 valence electrons. The molecule has 2 aromatic heterocycles. The monoisotopic (exact) mass is 530 g/mol. The number of nitrogens with one attached hydrogen (secondary N) is 1. The number of para-hydroxylation sites is 1. The SMILES string of the molecule is CCc1ccccc1-n1c(C)cc([C@@H]2[C@@H](c3ccccn3)NC(=S)N2c2ccc(Br)cc2)c1C. The molecule has 1 saturated heterocycles. The molecule has 1 N–H and O–H groups in total. The lowest BCUT2D eigenvalue weighted by Gasteiger charge is -2.28. The van der Waals surface area contributed by atoms with Crippen molar-refractivity contribution in [1.82, 2.24) is 14.9 Å². The third-order valence-electron chi connectivity index (χ3n) is 6.61. The first-order valence-electron chi connectivity index (χ1n) is 11.5. The molecule has 0 bridgehead atoms. The van der Waals surface area contributed by atoms with Crippen LogP contribution in [0.2, 0.25) is 0 Å². The number of hydrogen-bond donors (Lipinski definition) is 1. The number of pyridine rings is 1. The number of rotatable bonds is 5. The van der Waals surface area contributed by atoms with Gasteiger partial charge in [0.15, 0.2) is 5.11 Å². The van der Waals surface area contributed by atoms with E-state index in [0.29, 0.717) is 5.11 Å². The molecule has 0 aliphatic carbocycles. The van der Waals surface area contributed by atoms with E-state index in [4.69, 9.17) is 17.2 Å². The van der Waals surface area contributed by atoms with Crippen molar-refractivity contribution in [3.05, 3.63) is 112 Å². The maximum Gasteiger partial charge on any atom is 0.174 e. The minimum atomic E-state index is -0.0623. The second-order valence-electron chi connectivity index (χ2n) is 8.62. The number of thiocarbonyl (C=S) groups is 1. The van der Waals surface area contributed by atoms with Crippen LogP contribution in [0.25, 0.3) is 5.69 Å². The van der Waals surface area contributed by atoms with Gasteiger partial charge in [-0.3, -0.25) is 4.98 Å². The zero-order valence-electron chi connectivity index (χ0n) is 19.5. The lowest BCUT2D eigenvalue weighted by atomic mass is 9.96. The summed E-state index contributed by atoms with van der Waals surface area (Å²) >= 11 is 9.46. The Kier molecular flexibility index (Phi) is 6.28. The fraction of sp³-hybridized carbons (Fsp3) is 0.214. The summed E-state index contributed by atoms with van der Waals surface area (Å²) in [7, 11) is 0. The van der Waals surface area contributed by atoms with Crippen LogP contribution in [-0.2, 0) is 6.42 Å². The van der Waals surface area contributed by atoms with Gasteiger partial charge in [-0.1, -0.05) is 47.1 Å². The van der Waals surface area contributed by atoms with E-state index in [9.17, 15) is 0 Å². The molecule has 2 aromatic carbocycles. The Hall–Kier alpha value is -2.96. The maximum absolute atomic E-state index is 5.89. The molecule has 4 aromatic rings. The topological polar surface area (TPSA) is 33.1 Å². The average molecular weight is 532 g/mol. The third-order valence-corrected chi connectivity index (χ3v) is 7.45. The molecule has 0 spiro atoms. The number of aryl methyl sites for hydroxylation is 2. The molecule has 0 amide bonds. The van der Waals surface area contributed by atoms with Crippen LogP contribution in [0.3, 0.4) is 0 Å². The van der Waals surface area contributed by atoms with E-state index in [-0.39, 0.29) is 12.1 Å². The molecule has 1 fully saturated rings. The Labute approximate surface area is 214 Å². The van der Waals surface area contributed by atoms with Crippen molar-refractivity contribution in [1.29, 1.82) is 0 Å². The van der Waals surface area contributed by atoms with E-state index >= 15 is 0 Å². The molecule has 1 aliphatic heterocycles. The van der Waals surface area contributed by atoms with Gasteiger partial charge in [0.25, 0.3) is 0 Å². The van der Waals surface area contributed by atoms with Crippen molar-refractivity contribution in [3.8, 4) is 5.69 Å². The molecule has 5 rings (SSSR count). The fourth-order valence-electron chi connectivity index (χ4n) is 5.04. The van der Waals surface area contributed by atoms with Gasteiger partial charge in [0, 0.05) is 33.4 Å². The van der Waals surface area contributed by atoms with Crippen LogP contribution < -0.4 is 10.2 Å². The smallest absolute Gasteiger partial charge is 0.174 e. The van der Waals surface area contributed by atoms with E-state index in [0.717, 1.165) is 22.3 Å². The second kappa shape index (κ2) is 9.35. The lowest BCUT2D eigenvalue weighted by Crippen LogP contribution is -2.29. The van der Waals surface area contributed by atoms with Crippen molar-refractivity contribution < 1.29 is 0 Å². The molecule has 2 atom stereocenters. The van der Waals surface area contributed by atoms with Gasteiger partial charge in [-0.15, -0.1) is 0 Å². The van der Waals surface area contributed by atoms with Crippen LogP contribution in [0.1, 0.15) is 47.2 Å². The van der Waals surface area contributed by atoms with Crippen LogP contribution in [0, 0.1) is 13.8 Å². The van der Waals surface area contributed by atoms with E-state index in [1.54, 1.807) is 0 Å². The molecule has 3 heterocycles. The largest absolute Gasteiger partial charge is 0.351 e. The number of nitrogens with zero attached hydrogens (tertiary/aromatic N) is 3. The van der Waals surface area contributed by atoms with E-state index < -0.39 is 0 Å². The zero-order chi connectivity index (χ0) is 23.8. The average Bonchev–Trinajstić information content (AvgIpc) is 3.35. The number of benzene rings is 2. The molecule has 0 unspecified atom stereocenters. The minimum Gasteiger partial charge on any atom is -0.351 e. The summed E-state index contributed by atoms with van der Waals surface area (Å²) in [4.78, 5) is 6.93. The van der Waals surface area contributed by atoms with Crippen molar-refractivity contribution in [3.63, 3.8) is 0 Å².